The Balaban J connectivity index is 2.54. The molecule has 1 aromatic heterocycles. The van der Waals surface area contributed by atoms with Crippen molar-refractivity contribution in [3.05, 3.63) is 5.82 Å². The van der Waals surface area contributed by atoms with Crippen LogP contribution in [0.3, 0.4) is 0 Å². The van der Waals surface area contributed by atoms with Crippen molar-refractivity contribution in [1.82, 2.24) is 9.97 Å². The third kappa shape index (κ3) is 2.66. The fourth-order valence-corrected chi connectivity index (χ4v) is 1.57. The summed E-state index contributed by atoms with van der Waals surface area (Å²) in [4.78, 5) is 17.7. The van der Waals surface area contributed by atoms with E-state index in [1.54, 1.807) is 6.92 Å². The summed E-state index contributed by atoms with van der Waals surface area (Å²) in [7, 11) is 1.35. The van der Waals surface area contributed by atoms with Gasteiger partial charge in [-0.25, -0.2) is 4.98 Å². The molecule has 6 heteroatoms. The van der Waals surface area contributed by atoms with Crippen LogP contribution in [0, 0.1) is 6.92 Å². The van der Waals surface area contributed by atoms with Gasteiger partial charge in [-0.3, -0.25) is 4.79 Å². The fraction of sp³-hybridized carbons (Fsp3) is 0.429. The second-order valence-corrected chi connectivity index (χ2v) is 3.37. The predicted molar refractivity (Wildman–Crippen MR) is 50.5 cm³/mol. The molecular formula is C7H11N3O2S. The minimum Gasteiger partial charge on any atom is -0.468 e. The van der Waals surface area contributed by atoms with E-state index in [-0.39, 0.29) is 11.7 Å². The van der Waals surface area contributed by atoms with Gasteiger partial charge >= 0.3 is 5.97 Å². The summed E-state index contributed by atoms with van der Waals surface area (Å²) in [5, 5.41) is 0.642. The normalized spacial score (nSPS) is 10.0. The molecule has 72 valence electrons. The summed E-state index contributed by atoms with van der Waals surface area (Å²) in [6.07, 6.45) is 0. The number of methoxy groups -OCH3 is 1. The average Bonchev–Trinajstić information content (AvgIpc) is 2.41. The summed E-state index contributed by atoms with van der Waals surface area (Å²) < 4.78 is 4.48. The van der Waals surface area contributed by atoms with E-state index in [0.29, 0.717) is 10.8 Å². The van der Waals surface area contributed by atoms with Crippen LogP contribution in [0.2, 0.25) is 0 Å². The van der Waals surface area contributed by atoms with Gasteiger partial charge in [0.1, 0.15) is 16.7 Å². The highest BCUT2D eigenvalue weighted by atomic mass is 32.2. The lowest BCUT2D eigenvalue weighted by molar-refractivity contribution is -0.137. The predicted octanol–water partition coefficient (Wildman–Crippen LogP) is 0.565. The Bertz CT molecular complexity index is 311. The number of carbonyl (C=O) groups excluding carboxylic acids is 1. The molecule has 0 aliphatic carbocycles. The number of anilines is 1. The molecule has 1 aromatic rings. The molecule has 0 saturated carbocycles. The number of aromatic amines is 1. The van der Waals surface area contributed by atoms with Crippen molar-refractivity contribution >= 4 is 23.5 Å². The highest BCUT2D eigenvalue weighted by molar-refractivity contribution is 8.00. The van der Waals surface area contributed by atoms with Crippen LogP contribution in [-0.2, 0) is 9.53 Å². The molecule has 13 heavy (non-hydrogen) atoms. The van der Waals surface area contributed by atoms with Gasteiger partial charge in [0.2, 0.25) is 0 Å². The molecule has 5 nitrogen and oxygen atoms in total. The molecule has 1 heterocycles. The zero-order chi connectivity index (χ0) is 9.84. The number of thioether (sulfide) groups is 1. The molecule has 1 rings (SSSR count). The largest absolute Gasteiger partial charge is 0.468 e. The molecule has 0 aliphatic rings. The first kappa shape index (κ1) is 9.91. The number of H-pyrrole nitrogens is 1. The van der Waals surface area contributed by atoms with Crippen molar-refractivity contribution in [2.75, 3.05) is 18.6 Å². The molecule has 0 atom stereocenters. The number of esters is 1. The Morgan fingerprint density at radius 3 is 2.92 bits per heavy atom. The number of nitrogens with zero attached hydrogens (tertiary/aromatic N) is 1. The maximum Gasteiger partial charge on any atom is 0.316 e. The Morgan fingerprint density at radius 1 is 1.77 bits per heavy atom. The maximum atomic E-state index is 10.8. The number of aromatic nitrogens is 2. The van der Waals surface area contributed by atoms with Crippen LogP contribution in [0.1, 0.15) is 5.82 Å². The van der Waals surface area contributed by atoms with Gasteiger partial charge in [0.15, 0.2) is 0 Å². The van der Waals surface area contributed by atoms with Crippen molar-refractivity contribution in [2.24, 2.45) is 0 Å². The monoisotopic (exact) mass is 201 g/mol. The quantitative estimate of drug-likeness (QED) is 0.552. The fourth-order valence-electron chi connectivity index (χ4n) is 0.785. The molecule has 0 fully saturated rings. The van der Waals surface area contributed by atoms with Crippen LogP contribution >= 0.6 is 11.8 Å². The minimum atomic E-state index is -0.287. The van der Waals surface area contributed by atoms with Gasteiger partial charge in [0.05, 0.1) is 12.9 Å². The molecular weight excluding hydrogens is 190 g/mol. The van der Waals surface area contributed by atoms with Gasteiger partial charge < -0.3 is 15.5 Å². The minimum absolute atomic E-state index is 0.227. The lowest BCUT2D eigenvalue weighted by atomic mass is 10.8. The summed E-state index contributed by atoms with van der Waals surface area (Å²) in [5.74, 6) is 1.17. The van der Waals surface area contributed by atoms with E-state index in [4.69, 9.17) is 5.73 Å². The van der Waals surface area contributed by atoms with Crippen LogP contribution in [0.4, 0.5) is 5.82 Å². The molecule has 0 aliphatic heterocycles. The first-order valence-corrected chi connectivity index (χ1v) is 4.63. The maximum absolute atomic E-state index is 10.8. The SMILES string of the molecule is COC(=O)CSc1nc(C)[nH]c1N. The Hall–Kier alpha value is -1.17. The zero-order valence-electron chi connectivity index (χ0n) is 7.46. The standard InChI is InChI=1S/C7H11N3O2S/c1-4-9-6(8)7(10-4)13-3-5(11)12-2/h3,8H2,1-2H3,(H,9,10). The van der Waals surface area contributed by atoms with Crippen LogP contribution in [-0.4, -0.2) is 28.8 Å². The Kier molecular flexibility index (Phi) is 3.18. The van der Waals surface area contributed by atoms with E-state index in [2.05, 4.69) is 14.7 Å². The summed E-state index contributed by atoms with van der Waals surface area (Å²) in [6.45, 7) is 1.80. The van der Waals surface area contributed by atoms with E-state index >= 15 is 0 Å². The van der Waals surface area contributed by atoms with Gasteiger partial charge in [0.25, 0.3) is 0 Å². The van der Waals surface area contributed by atoms with Crippen LogP contribution in [0.25, 0.3) is 0 Å². The molecule has 0 unspecified atom stereocenters. The second-order valence-electron chi connectivity index (χ2n) is 2.41. The van der Waals surface area contributed by atoms with E-state index in [1.165, 1.54) is 18.9 Å². The van der Waals surface area contributed by atoms with Gasteiger partial charge in [-0.2, -0.15) is 0 Å². The van der Waals surface area contributed by atoms with Crippen molar-refractivity contribution in [3.8, 4) is 0 Å². The van der Waals surface area contributed by atoms with Crippen LogP contribution < -0.4 is 5.73 Å². The number of nitrogens with two attached hydrogens (primary N) is 1. The molecule has 0 saturated heterocycles. The number of nitrogens with one attached hydrogen (secondary N) is 1. The average molecular weight is 201 g/mol. The summed E-state index contributed by atoms with van der Waals surface area (Å²) >= 11 is 1.26. The Labute approximate surface area is 80.1 Å². The molecule has 3 N–H and O–H groups in total. The third-order valence-corrected chi connectivity index (χ3v) is 2.33. The molecule has 0 radical (unpaired) electrons. The molecule has 0 spiro atoms. The van der Waals surface area contributed by atoms with E-state index < -0.39 is 0 Å². The molecule has 0 bridgehead atoms. The van der Waals surface area contributed by atoms with E-state index in [9.17, 15) is 4.79 Å². The van der Waals surface area contributed by atoms with Gasteiger partial charge in [-0.15, -0.1) is 0 Å². The number of aryl methyl sites for hydroxylation is 1. The van der Waals surface area contributed by atoms with Gasteiger partial charge in [-0.1, -0.05) is 11.8 Å². The zero-order valence-corrected chi connectivity index (χ0v) is 8.27. The van der Waals surface area contributed by atoms with Gasteiger partial charge in [0, 0.05) is 0 Å². The van der Waals surface area contributed by atoms with Crippen molar-refractivity contribution in [1.29, 1.82) is 0 Å². The first-order valence-electron chi connectivity index (χ1n) is 3.65. The highest BCUT2D eigenvalue weighted by Crippen LogP contribution is 2.21. The number of hydrogen-bond donors (Lipinski definition) is 2. The lowest BCUT2D eigenvalue weighted by Crippen LogP contribution is -2.03. The topological polar surface area (TPSA) is 81.0 Å². The summed E-state index contributed by atoms with van der Waals surface area (Å²) in [5.41, 5.74) is 5.58. The number of carbonyl (C=O) groups is 1. The van der Waals surface area contributed by atoms with Crippen LogP contribution in [0.15, 0.2) is 5.03 Å². The molecule has 0 amide bonds. The number of hydrogen-bond acceptors (Lipinski definition) is 5. The lowest BCUT2D eigenvalue weighted by Gasteiger charge is -1.96. The van der Waals surface area contributed by atoms with E-state index in [0.717, 1.165) is 5.82 Å². The number of ether oxygens (including phenoxy) is 1. The van der Waals surface area contributed by atoms with Crippen molar-refractivity contribution in [2.45, 2.75) is 11.9 Å². The van der Waals surface area contributed by atoms with E-state index in [1.807, 2.05) is 0 Å². The third-order valence-electron chi connectivity index (χ3n) is 1.37. The van der Waals surface area contributed by atoms with Gasteiger partial charge in [-0.05, 0) is 6.92 Å². The highest BCUT2D eigenvalue weighted by Gasteiger charge is 2.08. The number of imidazole rings is 1. The Morgan fingerprint density at radius 2 is 2.46 bits per heavy atom. The smallest absolute Gasteiger partial charge is 0.316 e. The first-order chi connectivity index (χ1) is 6.13. The van der Waals surface area contributed by atoms with Crippen molar-refractivity contribution < 1.29 is 9.53 Å². The number of nitrogen functional groups attached to an aromatic ring is 1. The van der Waals surface area contributed by atoms with Crippen molar-refractivity contribution in [3.63, 3.8) is 0 Å². The van der Waals surface area contributed by atoms with Crippen LogP contribution in [0.5, 0.6) is 0 Å². The molecule has 0 aromatic carbocycles. The number of rotatable bonds is 3. The summed E-state index contributed by atoms with van der Waals surface area (Å²) in [6, 6.07) is 0. The second kappa shape index (κ2) is 4.18.